The third-order valence-corrected chi connectivity index (χ3v) is 4.21. The maximum absolute atomic E-state index is 10.9. The molecule has 0 amide bonds. The number of aldehydes is 1. The van der Waals surface area contributed by atoms with Gasteiger partial charge in [-0.05, 0) is 42.7 Å². The molecule has 17 heavy (non-hydrogen) atoms. The van der Waals surface area contributed by atoms with Gasteiger partial charge in [0.05, 0.1) is 5.60 Å². The molecule has 0 bridgehead atoms. The van der Waals surface area contributed by atoms with E-state index in [1.807, 2.05) is 19.1 Å². The van der Waals surface area contributed by atoms with Crippen LogP contribution in [0.4, 0.5) is 0 Å². The highest BCUT2D eigenvalue weighted by Gasteiger charge is 2.47. The second-order valence-corrected chi connectivity index (χ2v) is 5.88. The number of rotatable bonds is 3. The van der Waals surface area contributed by atoms with E-state index >= 15 is 0 Å². The van der Waals surface area contributed by atoms with Gasteiger partial charge in [-0.3, -0.25) is 4.79 Å². The molecular weight excluding hydrogens is 212 g/mol. The molecule has 2 nitrogen and oxygen atoms in total. The van der Waals surface area contributed by atoms with Crippen LogP contribution in [0.15, 0.2) is 23.8 Å². The summed E-state index contributed by atoms with van der Waals surface area (Å²) in [5, 5.41) is 10.9. The van der Waals surface area contributed by atoms with Crippen molar-refractivity contribution in [1.29, 1.82) is 0 Å². The van der Waals surface area contributed by atoms with Crippen molar-refractivity contribution in [3.05, 3.63) is 23.8 Å². The van der Waals surface area contributed by atoms with Crippen molar-refractivity contribution >= 4 is 6.29 Å². The van der Waals surface area contributed by atoms with Crippen LogP contribution in [0.25, 0.3) is 0 Å². The molecule has 1 aliphatic rings. The molecule has 2 heteroatoms. The number of hydrogen-bond acceptors (Lipinski definition) is 2. The summed E-state index contributed by atoms with van der Waals surface area (Å²) in [5.74, 6) is 0.256. The van der Waals surface area contributed by atoms with Crippen molar-refractivity contribution in [2.24, 2.45) is 11.3 Å². The molecule has 0 aromatic carbocycles. The minimum atomic E-state index is -0.775. The van der Waals surface area contributed by atoms with E-state index in [1.165, 1.54) is 12.5 Å². The van der Waals surface area contributed by atoms with Crippen molar-refractivity contribution in [3.63, 3.8) is 0 Å². The maximum atomic E-state index is 10.9. The summed E-state index contributed by atoms with van der Waals surface area (Å²) in [6, 6.07) is 0. The normalized spacial score (nSPS) is 33.9. The molecule has 2 atom stereocenters. The molecule has 1 saturated carbocycles. The number of carbonyl (C=O) groups excluding carboxylic acids is 1. The molecule has 1 aliphatic carbocycles. The van der Waals surface area contributed by atoms with Crippen molar-refractivity contribution in [2.75, 3.05) is 0 Å². The summed E-state index contributed by atoms with van der Waals surface area (Å²) in [5.41, 5.74) is -0.00623. The Morgan fingerprint density at radius 1 is 1.41 bits per heavy atom. The van der Waals surface area contributed by atoms with Gasteiger partial charge in [0.1, 0.15) is 6.29 Å². The van der Waals surface area contributed by atoms with Gasteiger partial charge in [0.15, 0.2) is 0 Å². The van der Waals surface area contributed by atoms with Crippen molar-refractivity contribution in [1.82, 2.24) is 0 Å². The fraction of sp³-hybridized carbons (Fsp3) is 0.667. The molecule has 0 saturated heterocycles. The highest BCUT2D eigenvalue weighted by Crippen LogP contribution is 2.47. The molecule has 0 heterocycles. The zero-order valence-corrected chi connectivity index (χ0v) is 11.4. The van der Waals surface area contributed by atoms with Gasteiger partial charge in [-0.15, -0.1) is 0 Å². The average Bonchev–Trinajstić information content (AvgIpc) is 2.24. The Bertz CT molecular complexity index is 339. The zero-order chi connectivity index (χ0) is 13.1. The van der Waals surface area contributed by atoms with Gasteiger partial charge >= 0.3 is 0 Å². The van der Waals surface area contributed by atoms with Crippen LogP contribution in [0, 0.1) is 11.3 Å². The zero-order valence-electron chi connectivity index (χ0n) is 11.4. The predicted octanol–water partition coefficient (Wildman–Crippen LogP) is 3.27. The molecule has 1 fully saturated rings. The third kappa shape index (κ3) is 2.86. The van der Waals surface area contributed by atoms with Crippen molar-refractivity contribution in [2.45, 2.75) is 52.6 Å². The summed E-state index contributed by atoms with van der Waals surface area (Å²) >= 11 is 0. The summed E-state index contributed by atoms with van der Waals surface area (Å²) in [6.07, 6.45) is 9.30. The largest absolute Gasteiger partial charge is 0.385 e. The van der Waals surface area contributed by atoms with E-state index in [-0.39, 0.29) is 11.3 Å². The Labute approximate surface area is 104 Å². The lowest BCUT2D eigenvalue weighted by Gasteiger charge is -2.49. The van der Waals surface area contributed by atoms with Gasteiger partial charge in [0.2, 0.25) is 0 Å². The van der Waals surface area contributed by atoms with E-state index in [1.54, 1.807) is 0 Å². The summed E-state index contributed by atoms with van der Waals surface area (Å²) < 4.78 is 0. The van der Waals surface area contributed by atoms with Crippen LogP contribution in [-0.2, 0) is 4.79 Å². The molecule has 0 aromatic rings. The van der Waals surface area contributed by atoms with E-state index in [0.29, 0.717) is 0 Å². The minimum absolute atomic E-state index is 0.109. The van der Waals surface area contributed by atoms with Crippen molar-refractivity contribution < 1.29 is 9.90 Å². The third-order valence-electron chi connectivity index (χ3n) is 4.21. The van der Waals surface area contributed by atoms with Gasteiger partial charge in [-0.2, -0.15) is 0 Å². The molecule has 0 spiro atoms. The Balaban J connectivity index is 2.97. The van der Waals surface area contributed by atoms with Crippen LogP contribution in [0.5, 0.6) is 0 Å². The molecule has 1 rings (SSSR count). The SMILES string of the molecule is CC(=C/C=O)/C=C/C1(O)C(C)CCCC1(C)C. The summed E-state index contributed by atoms with van der Waals surface area (Å²) in [4.78, 5) is 10.4. The van der Waals surface area contributed by atoms with E-state index in [0.717, 1.165) is 24.7 Å². The summed E-state index contributed by atoms with van der Waals surface area (Å²) in [7, 11) is 0. The first-order valence-electron chi connectivity index (χ1n) is 6.37. The molecule has 0 radical (unpaired) electrons. The standard InChI is InChI=1S/C15H24O2/c1-12(8-11-16)7-10-15(17)13(2)6-5-9-14(15,3)4/h7-8,10-11,13,17H,5-6,9H2,1-4H3/b10-7+,12-8-. The van der Waals surface area contributed by atoms with Crippen LogP contribution in [-0.4, -0.2) is 17.0 Å². The monoisotopic (exact) mass is 236 g/mol. The van der Waals surface area contributed by atoms with Gasteiger partial charge in [-0.25, -0.2) is 0 Å². The Morgan fingerprint density at radius 2 is 2.06 bits per heavy atom. The van der Waals surface area contributed by atoms with Crippen molar-refractivity contribution in [3.8, 4) is 0 Å². The Morgan fingerprint density at radius 3 is 2.59 bits per heavy atom. The van der Waals surface area contributed by atoms with Gasteiger partial charge in [0, 0.05) is 0 Å². The first kappa shape index (κ1) is 14.2. The van der Waals surface area contributed by atoms with Gasteiger partial charge in [-0.1, -0.05) is 39.3 Å². The second kappa shape index (κ2) is 5.18. The lowest BCUT2D eigenvalue weighted by molar-refractivity contribution is -0.104. The number of allylic oxidation sites excluding steroid dienone is 3. The highest BCUT2D eigenvalue weighted by atomic mass is 16.3. The molecule has 0 aliphatic heterocycles. The minimum Gasteiger partial charge on any atom is -0.385 e. The first-order valence-corrected chi connectivity index (χ1v) is 6.37. The average molecular weight is 236 g/mol. The van der Waals surface area contributed by atoms with E-state index in [2.05, 4.69) is 20.8 Å². The fourth-order valence-corrected chi connectivity index (χ4v) is 2.75. The molecular formula is C15H24O2. The second-order valence-electron chi connectivity index (χ2n) is 5.88. The predicted molar refractivity (Wildman–Crippen MR) is 70.7 cm³/mol. The lowest BCUT2D eigenvalue weighted by Crippen LogP contribution is -2.50. The summed E-state index contributed by atoms with van der Waals surface area (Å²) in [6.45, 7) is 8.20. The van der Waals surface area contributed by atoms with Crippen LogP contribution in [0.3, 0.4) is 0 Å². The lowest BCUT2D eigenvalue weighted by atomic mass is 9.60. The number of aliphatic hydroxyl groups is 1. The number of hydrogen-bond donors (Lipinski definition) is 1. The smallest absolute Gasteiger partial charge is 0.143 e. The number of carbonyl (C=O) groups is 1. The van der Waals surface area contributed by atoms with Gasteiger partial charge in [0.25, 0.3) is 0 Å². The van der Waals surface area contributed by atoms with E-state index in [4.69, 9.17) is 0 Å². The van der Waals surface area contributed by atoms with Crippen LogP contribution in [0.2, 0.25) is 0 Å². The van der Waals surface area contributed by atoms with E-state index < -0.39 is 5.60 Å². The van der Waals surface area contributed by atoms with Crippen LogP contribution >= 0.6 is 0 Å². The molecule has 96 valence electrons. The molecule has 0 aromatic heterocycles. The molecule has 1 N–H and O–H groups in total. The van der Waals surface area contributed by atoms with E-state index in [9.17, 15) is 9.90 Å². The topological polar surface area (TPSA) is 37.3 Å². The van der Waals surface area contributed by atoms with Crippen LogP contribution < -0.4 is 0 Å². The Kier molecular flexibility index (Phi) is 4.31. The molecule has 2 unspecified atom stereocenters. The fourth-order valence-electron chi connectivity index (χ4n) is 2.75. The maximum Gasteiger partial charge on any atom is 0.143 e. The first-order chi connectivity index (χ1) is 7.83. The van der Waals surface area contributed by atoms with Crippen LogP contribution in [0.1, 0.15) is 47.0 Å². The highest BCUT2D eigenvalue weighted by molar-refractivity contribution is 5.66. The quantitative estimate of drug-likeness (QED) is 0.464. The van der Waals surface area contributed by atoms with Gasteiger partial charge < -0.3 is 5.11 Å². The Hall–Kier alpha value is -0.890.